The van der Waals surface area contributed by atoms with Crippen molar-refractivity contribution in [2.75, 3.05) is 26.3 Å². The van der Waals surface area contributed by atoms with Crippen molar-refractivity contribution in [2.45, 2.75) is 51.0 Å². The van der Waals surface area contributed by atoms with Gasteiger partial charge >= 0.3 is 5.97 Å². The van der Waals surface area contributed by atoms with Crippen LogP contribution >= 0.6 is 0 Å². The molecule has 7 heteroatoms. The molecule has 0 saturated carbocycles. The first-order valence-corrected chi connectivity index (χ1v) is 9.58. The molecule has 2 amide bonds. The van der Waals surface area contributed by atoms with E-state index in [1.54, 1.807) is 17.1 Å². The fraction of sp³-hybridized carbons (Fsp3) is 0.650. The number of rotatable bonds is 13. The second-order valence-corrected chi connectivity index (χ2v) is 6.68. The number of amides is 2. The van der Waals surface area contributed by atoms with Crippen molar-refractivity contribution >= 4 is 17.8 Å². The molecule has 1 fully saturated rings. The summed E-state index contributed by atoms with van der Waals surface area (Å²) < 4.78 is 5.06. The number of unbranched alkanes of at least 4 members (excludes halogenated alkanes) is 1. The molecule has 0 aromatic rings. The van der Waals surface area contributed by atoms with E-state index in [2.05, 4.69) is 18.5 Å². The SMILES string of the molecule is C=CCCCC(=O)OCCNC(=O)C(CC=C)CC(=O)N1CCCC1CO. The lowest BCUT2D eigenvalue weighted by atomic mass is 9.99. The van der Waals surface area contributed by atoms with Gasteiger partial charge in [-0.3, -0.25) is 14.4 Å². The smallest absolute Gasteiger partial charge is 0.305 e. The maximum Gasteiger partial charge on any atom is 0.305 e. The number of allylic oxidation sites excluding steroid dienone is 2. The number of ether oxygens (including phenoxy) is 1. The molecule has 27 heavy (non-hydrogen) atoms. The largest absolute Gasteiger partial charge is 0.464 e. The van der Waals surface area contributed by atoms with Gasteiger partial charge in [-0.25, -0.2) is 0 Å². The van der Waals surface area contributed by atoms with Crippen molar-refractivity contribution in [3.05, 3.63) is 25.3 Å². The molecule has 1 aliphatic heterocycles. The number of aliphatic hydroxyl groups excluding tert-OH is 1. The molecule has 1 aliphatic rings. The van der Waals surface area contributed by atoms with Crippen LogP contribution in [0.4, 0.5) is 0 Å². The average Bonchev–Trinajstić information content (AvgIpc) is 3.13. The van der Waals surface area contributed by atoms with Crippen molar-refractivity contribution in [2.24, 2.45) is 5.92 Å². The van der Waals surface area contributed by atoms with Gasteiger partial charge in [0.15, 0.2) is 0 Å². The molecule has 7 nitrogen and oxygen atoms in total. The van der Waals surface area contributed by atoms with Gasteiger partial charge in [0.25, 0.3) is 0 Å². The zero-order valence-corrected chi connectivity index (χ0v) is 16.0. The van der Waals surface area contributed by atoms with E-state index in [1.807, 2.05) is 0 Å². The standard InChI is InChI=1S/C20H32N2O5/c1-3-5-6-10-19(25)27-13-11-21-20(26)16(8-4-2)14-18(24)22-12-7-9-17(22)15-23/h3-4,16-17,23H,1-2,5-15H2,(H,21,26). The highest BCUT2D eigenvalue weighted by molar-refractivity contribution is 5.86. The molecule has 0 aromatic heterocycles. The highest BCUT2D eigenvalue weighted by atomic mass is 16.5. The second kappa shape index (κ2) is 13.1. The Labute approximate surface area is 161 Å². The predicted molar refractivity (Wildman–Crippen MR) is 103 cm³/mol. The number of hydrogen-bond acceptors (Lipinski definition) is 5. The van der Waals surface area contributed by atoms with Crippen molar-refractivity contribution in [1.29, 1.82) is 0 Å². The van der Waals surface area contributed by atoms with Crippen LogP contribution in [0.2, 0.25) is 0 Å². The van der Waals surface area contributed by atoms with Gasteiger partial charge in [0.1, 0.15) is 6.61 Å². The van der Waals surface area contributed by atoms with Gasteiger partial charge in [-0.2, -0.15) is 0 Å². The number of esters is 1. The molecular formula is C20H32N2O5. The Morgan fingerprint density at radius 1 is 1.30 bits per heavy atom. The van der Waals surface area contributed by atoms with Gasteiger partial charge in [-0.15, -0.1) is 13.2 Å². The number of hydrogen-bond donors (Lipinski definition) is 2. The number of carbonyl (C=O) groups is 3. The fourth-order valence-electron chi connectivity index (χ4n) is 3.11. The highest BCUT2D eigenvalue weighted by Crippen LogP contribution is 2.20. The first kappa shape index (κ1) is 22.9. The molecule has 2 atom stereocenters. The van der Waals surface area contributed by atoms with Crippen LogP contribution in [0.3, 0.4) is 0 Å². The summed E-state index contributed by atoms with van der Waals surface area (Å²) >= 11 is 0. The molecule has 1 rings (SSSR count). The molecule has 0 bridgehead atoms. The van der Waals surface area contributed by atoms with E-state index in [4.69, 9.17) is 4.74 Å². The van der Waals surface area contributed by atoms with Crippen LogP contribution in [0.5, 0.6) is 0 Å². The number of nitrogens with zero attached hydrogens (tertiary/aromatic N) is 1. The van der Waals surface area contributed by atoms with E-state index in [0.717, 1.165) is 19.3 Å². The monoisotopic (exact) mass is 380 g/mol. The minimum absolute atomic E-state index is 0.0533. The third-order valence-corrected chi connectivity index (χ3v) is 4.60. The van der Waals surface area contributed by atoms with E-state index in [1.165, 1.54) is 0 Å². The Bertz CT molecular complexity index is 521. The third-order valence-electron chi connectivity index (χ3n) is 4.60. The predicted octanol–water partition coefficient (Wildman–Crippen LogP) is 1.57. The van der Waals surface area contributed by atoms with Gasteiger partial charge in [-0.1, -0.05) is 12.2 Å². The van der Waals surface area contributed by atoms with E-state index in [-0.39, 0.29) is 50.0 Å². The summed E-state index contributed by atoms with van der Waals surface area (Å²) in [5, 5.41) is 12.1. The summed E-state index contributed by atoms with van der Waals surface area (Å²) in [6.45, 7) is 8.12. The Kier molecular flexibility index (Phi) is 11.1. The first-order chi connectivity index (χ1) is 13.0. The zero-order valence-electron chi connectivity index (χ0n) is 16.0. The molecule has 0 aliphatic carbocycles. The Morgan fingerprint density at radius 2 is 2.07 bits per heavy atom. The molecule has 1 saturated heterocycles. The van der Waals surface area contributed by atoms with Crippen molar-refractivity contribution < 1.29 is 24.2 Å². The van der Waals surface area contributed by atoms with Crippen LogP contribution in [0, 0.1) is 5.92 Å². The van der Waals surface area contributed by atoms with Gasteiger partial charge in [0, 0.05) is 19.4 Å². The summed E-state index contributed by atoms with van der Waals surface area (Å²) in [6.07, 6.45) is 7.28. The molecule has 152 valence electrons. The quantitative estimate of drug-likeness (QED) is 0.287. The molecule has 0 aromatic carbocycles. The van der Waals surface area contributed by atoms with Crippen LogP contribution < -0.4 is 5.32 Å². The van der Waals surface area contributed by atoms with Gasteiger partial charge in [-0.05, 0) is 32.1 Å². The lowest BCUT2D eigenvalue weighted by Gasteiger charge is -2.25. The molecule has 2 N–H and O–H groups in total. The van der Waals surface area contributed by atoms with Gasteiger partial charge < -0.3 is 20.1 Å². The number of aliphatic hydroxyl groups is 1. The van der Waals surface area contributed by atoms with Crippen LogP contribution in [0.15, 0.2) is 25.3 Å². The van der Waals surface area contributed by atoms with Gasteiger partial charge in [0.05, 0.1) is 25.1 Å². The van der Waals surface area contributed by atoms with Crippen LogP contribution in [-0.2, 0) is 19.1 Å². The third kappa shape index (κ3) is 8.39. The van der Waals surface area contributed by atoms with Crippen molar-refractivity contribution in [3.63, 3.8) is 0 Å². The molecule has 1 heterocycles. The summed E-state index contributed by atoms with van der Waals surface area (Å²) in [6, 6.07) is -0.148. The molecule has 2 unspecified atom stereocenters. The van der Waals surface area contributed by atoms with Crippen LogP contribution in [-0.4, -0.2) is 60.1 Å². The molecule has 0 radical (unpaired) electrons. The van der Waals surface area contributed by atoms with E-state index < -0.39 is 5.92 Å². The summed E-state index contributed by atoms with van der Waals surface area (Å²) in [4.78, 5) is 38.0. The Morgan fingerprint density at radius 3 is 2.74 bits per heavy atom. The topological polar surface area (TPSA) is 95.9 Å². The van der Waals surface area contributed by atoms with Crippen molar-refractivity contribution in [3.8, 4) is 0 Å². The highest BCUT2D eigenvalue weighted by Gasteiger charge is 2.30. The second-order valence-electron chi connectivity index (χ2n) is 6.68. The van der Waals surface area contributed by atoms with E-state index >= 15 is 0 Å². The fourth-order valence-corrected chi connectivity index (χ4v) is 3.11. The summed E-state index contributed by atoms with van der Waals surface area (Å²) in [7, 11) is 0. The lowest BCUT2D eigenvalue weighted by molar-refractivity contribution is -0.144. The minimum Gasteiger partial charge on any atom is -0.464 e. The number of likely N-dealkylation sites (tertiary alicyclic amines) is 1. The normalized spacial score (nSPS) is 17.2. The maximum atomic E-state index is 12.5. The van der Waals surface area contributed by atoms with Crippen LogP contribution in [0.1, 0.15) is 44.9 Å². The maximum absolute atomic E-state index is 12.5. The van der Waals surface area contributed by atoms with E-state index in [0.29, 0.717) is 25.8 Å². The summed E-state index contributed by atoms with van der Waals surface area (Å²) in [5.74, 6) is -1.20. The molecular weight excluding hydrogens is 348 g/mol. The first-order valence-electron chi connectivity index (χ1n) is 9.58. The van der Waals surface area contributed by atoms with E-state index in [9.17, 15) is 19.5 Å². The number of nitrogens with one attached hydrogen (secondary N) is 1. The Hall–Kier alpha value is -2.15. The zero-order chi connectivity index (χ0) is 20.1. The average molecular weight is 380 g/mol. The minimum atomic E-state index is -0.516. The number of carbonyl (C=O) groups excluding carboxylic acids is 3. The van der Waals surface area contributed by atoms with Crippen LogP contribution in [0.25, 0.3) is 0 Å². The van der Waals surface area contributed by atoms with Gasteiger partial charge in [0.2, 0.25) is 11.8 Å². The Balaban J connectivity index is 2.37. The lowest BCUT2D eigenvalue weighted by Crippen LogP contribution is -2.41. The summed E-state index contributed by atoms with van der Waals surface area (Å²) in [5.41, 5.74) is 0. The van der Waals surface area contributed by atoms with Crippen molar-refractivity contribution in [1.82, 2.24) is 10.2 Å². The molecule has 0 spiro atoms.